The lowest BCUT2D eigenvalue weighted by molar-refractivity contribution is 0.00587. The highest BCUT2D eigenvalue weighted by Crippen LogP contribution is 2.41. The van der Waals surface area contributed by atoms with Crippen molar-refractivity contribution in [2.24, 2.45) is 0 Å². The maximum absolute atomic E-state index is 13.7. The van der Waals surface area contributed by atoms with Gasteiger partial charge in [-0.25, -0.2) is 12.8 Å². The van der Waals surface area contributed by atoms with Crippen molar-refractivity contribution in [3.63, 3.8) is 0 Å². The molecule has 0 aromatic heterocycles. The number of ether oxygens (including phenoxy) is 2. The minimum absolute atomic E-state index is 0.0121. The summed E-state index contributed by atoms with van der Waals surface area (Å²) in [5, 5.41) is 0. The molecule has 2 aliphatic heterocycles. The Bertz CT molecular complexity index is 1070. The third-order valence-electron chi connectivity index (χ3n) is 5.62. The molecule has 0 radical (unpaired) electrons. The molecule has 0 bridgehead atoms. The Morgan fingerprint density at radius 3 is 2.55 bits per heavy atom. The predicted octanol–water partition coefficient (Wildman–Crippen LogP) is 3.33. The number of carbonyl (C=O) groups excluding carboxylic acids is 1. The van der Waals surface area contributed by atoms with Crippen LogP contribution in [0.4, 0.5) is 4.39 Å². The number of hydrogen-bond donors (Lipinski definition) is 0. The molecule has 0 aliphatic carbocycles. The first-order chi connectivity index (χ1) is 13.7. The Morgan fingerprint density at radius 1 is 1.14 bits per heavy atom. The number of ketones is 1. The monoisotopic (exact) mass is 419 g/mol. The third-order valence-corrected chi connectivity index (χ3v) is 7.54. The molecule has 0 amide bonds. The third kappa shape index (κ3) is 3.51. The fraction of sp³-hybridized carbons (Fsp3) is 0.381. The fourth-order valence-corrected chi connectivity index (χ4v) is 5.62. The van der Waals surface area contributed by atoms with E-state index in [1.165, 1.54) is 17.5 Å². The van der Waals surface area contributed by atoms with E-state index in [4.69, 9.17) is 9.47 Å². The van der Waals surface area contributed by atoms with Crippen LogP contribution in [-0.2, 0) is 10.0 Å². The summed E-state index contributed by atoms with van der Waals surface area (Å²) in [4.78, 5) is 12.5. The van der Waals surface area contributed by atoms with Gasteiger partial charge < -0.3 is 9.47 Å². The zero-order valence-electron chi connectivity index (χ0n) is 16.3. The Morgan fingerprint density at radius 2 is 1.86 bits per heavy atom. The standard InChI is InChI=1S/C21H22FNO5S/c1-14-3-5-18-16(11-14)17(24)13-21(28-18)7-9-23(10-8-21)29(25,26)20-12-15(22)4-6-19(20)27-2/h3-6,11-12H,7-10,13H2,1-2H3. The molecule has 0 N–H and O–H groups in total. The van der Waals surface area contributed by atoms with Gasteiger partial charge in [-0.2, -0.15) is 4.31 Å². The highest BCUT2D eigenvalue weighted by atomic mass is 32.2. The number of aryl methyl sites for hydroxylation is 1. The quantitative estimate of drug-likeness (QED) is 0.763. The first-order valence-electron chi connectivity index (χ1n) is 9.41. The highest BCUT2D eigenvalue weighted by Gasteiger charge is 2.45. The second-order valence-electron chi connectivity index (χ2n) is 7.58. The van der Waals surface area contributed by atoms with Crippen LogP contribution in [-0.4, -0.2) is 44.3 Å². The SMILES string of the molecule is COc1ccc(F)cc1S(=O)(=O)N1CCC2(CC1)CC(=O)c1cc(C)ccc1O2. The predicted molar refractivity (Wildman–Crippen MR) is 104 cm³/mol. The van der Waals surface area contributed by atoms with Crippen molar-refractivity contribution < 1.29 is 27.1 Å². The largest absolute Gasteiger partial charge is 0.495 e. The normalized spacial score (nSPS) is 18.9. The molecule has 1 saturated heterocycles. The molecular weight excluding hydrogens is 397 g/mol. The number of Topliss-reactive ketones (excluding diaryl/α,β-unsaturated/α-hetero) is 1. The van der Waals surface area contributed by atoms with Crippen LogP contribution in [0.2, 0.25) is 0 Å². The number of fused-ring (bicyclic) bond motifs is 1. The molecule has 0 atom stereocenters. The molecule has 0 saturated carbocycles. The van der Waals surface area contributed by atoms with Crippen molar-refractivity contribution >= 4 is 15.8 Å². The molecule has 6 nitrogen and oxygen atoms in total. The van der Waals surface area contributed by atoms with Crippen LogP contribution in [0, 0.1) is 12.7 Å². The maximum Gasteiger partial charge on any atom is 0.246 e. The van der Waals surface area contributed by atoms with E-state index in [1.807, 2.05) is 19.1 Å². The molecule has 4 rings (SSSR count). The molecule has 8 heteroatoms. The molecule has 2 aliphatic rings. The Balaban J connectivity index is 1.56. The summed E-state index contributed by atoms with van der Waals surface area (Å²) >= 11 is 0. The Labute approximate surface area is 169 Å². The van der Waals surface area contributed by atoms with Crippen molar-refractivity contribution in [2.75, 3.05) is 20.2 Å². The summed E-state index contributed by atoms with van der Waals surface area (Å²) in [6.07, 6.45) is 0.979. The summed E-state index contributed by atoms with van der Waals surface area (Å²) in [5.74, 6) is 0.0130. The van der Waals surface area contributed by atoms with Crippen LogP contribution < -0.4 is 9.47 Å². The number of benzene rings is 2. The second kappa shape index (κ2) is 7.11. The van der Waals surface area contributed by atoms with Crippen molar-refractivity contribution in [1.29, 1.82) is 0 Å². The van der Waals surface area contributed by atoms with Gasteiger partial charge >= 0.3 is 0 Å². The van der Waals surface area contributed by atoms with Gasteiger partial charge in [0.05, 0.1) is 19.1 Å². The van der Waals surface area contributed by atoms with Gasteiger partial charge in [0.1, 0.15) is 27.8 Å². The number of rotatable bonds is 3. The average Bonchev–Trinajstić information content (AvgIpc) is 2.69. The molecule has 1 spiro atoms. The van der Waals surface area contributed by atoms with E-state index in [-0.39, 0.29) is 35.9 Å². The van der Waals surface area contributed by atoms with Gasteiger partial charge in [0.2, 0.25) is 10.0 Å². The number of methoxy groups -OCH3 is 1. The minimum atomic E-state index is -3.93. The van der Waals surface area contributed by atoms with E-state index >= 15 is 0 Å². The van der Waals surface area contributed by atoms with Crippen LogP contribution in [0.15, 0.2) is 41.3 Å². The highest BCUT2D eigenvalue weighted by molar-refractivity contribution is 7.89. The van der Waals surface area contributed by atoms with Crippen LogP contribution in [0.5, 0.6) is 11.5 Å². The van der Waals surface area contributed by atoms with Crippen molar-refractivity contribution in [2.45, 2.75) is 36.7 Å². The van der Waals surface area contributed by atoms with Gasteiger partial charge in [0.15, 0.2) is 5.78 Å². The maximum atomic E-state index is 13.7. The average molecular weight is 419 g/mol. The summed E-state index contributed by atoms with van der Waals surface area (Å²) in [6.45, 7) is 2.27. The molecule has 29 heavy (non-hydrogen) atoms. The van der Waals surface area contributed by atoms with Gasteiger partial charge in [0.25, 0.3) is 0 Å². The van der Waals surface area contributed by atoms with Crippen LogP contribution in [0.3, 0.4) is 0 Å². The van der Waals surface area contributed by atoms with E-state index in [9.17, 15) is 17.6 Å². The summed E-state index contributed by atoms with van der Waals surface area (Å²) in [7, 11) is -2.59. The van der Waals surface area contributed by atoms with E-state index in [1.54, 1.807) is 6.07 Å². The van der Waals surface area contributed by atoms with Crippen molar-refractivity contribution in [3.8, 4) is 11.5 Å². The van der Waals surface area contributed by atoms with Gasteiger partial charge in [-0.1, -0.05) is 11.6 Å². The van der Waals surface area contributed by atoms with Gasteiger partial charge in [-0.15, -0.1) is 0 Å². The molecule has 154 valence electrons. The van der Waals surface area contributed by atoms with E-state index in [0.717, 1.165) is 17.7 Å². The summed E-state index contributed by atoms with van der Waals surface area (Å²) in [6, 6.07) is 8.93. The van der Waals surface area contributed by atoms with E-state index in [2.05, 4.69) is 0 Å². The molecular formula is C21H22FNO5S. The molecule has 0 unspecified atom stereocenters. The lowest BCUT2D eigenvalue weighted by atomic mass is 9.83. The lowest BCUT2D eigenvalue weighted by Crippen LogP contribution is -2.52. The lowest BCUT2D eigenvalue weighted by Gasteiger charge is -2.43. The summed E-state index contributed by atoms with van der Waals surface area (Å²) in [5.41, 5.74) is 0.856. The van der Waals surface area contributed by atoms with E-state index in [0.29, 0.717) is 24.2 Å². The minimum Gasteiger partial charge on any atom is -0.495 e. The number of piperidine rings is 1. The first kappa shape index (κ1) is 19.8. The van der Waals surface area contributed by atoms with Crippen molar-refractivity contribution in [1.82, 2.24) is 4.31 Å². The van der Waals surface area contributed by atoms with Gasteiger partial charge in [-0.05, 0) is 37.3 Å². The molecule has 1 fully saturated rings. The molecule has 2 aromatic rings. The zero-order valence-corrected chi connectivity index (χ0v) is 17.1. The van der Waals surface area contributed by atoms with Crippen LogP contribution in [0.25, 0.3) is 0 Å². The van der Waals surface area contributed by atoms with Gasteiger partial charge in [0, 0.05) is 25.9 Å². The Hall–Kier alpha value is -2.45. The fourth-order valence-electron chi connectivity index (χ4n) is 4.01. The van der Waals surface area contributed by atoms with E-state index < -0.39 is 21.4 Å². The number of halogens is 1. The number of sulfonamides is 1. The zero-order chi connectivity index (χ0) is 20.8. The van der Waals surface area contributed by atoms with Crippen LogP contribution >= 0.6 is 0 Å². The number of carbonyl (C=O) groups is 1. The second-order valence-corrected chi connectivity index (χ2v) is 9.49. The number of nitrogens with zero attached hydrogens (tertiary/aromatic N) is 1. The topological polar surface area (TPSA) is 72.9 Å². The molecule has 2 aromatic carbocycles. The first-order valence-corrected chi connectivity index (χ1v) is 10.8. The van der Waals surface area contributed by atoms with Crippen LogP contribution in [0.1, 0.15) is 35.2 Å². The molecule has 2 heterocycles. The van der Waals surface area contributed by atoms with Crippen molar-refractivity contribution in [3.05, 3.63) is 53.3 Å². The van der Waals surface area contributed by atoms with Gasteiger partial charge in [-0.3, -0.25) is 4.79 Å². The smallest absolute Gasteiger partial charge is 0.246 e. The summed E-state index contributed by atoms with van der Waals surface area (Å²) < 4.78 is 52.4. The Kier molecular flexibility index (Phi) is 4.86. The number of hydrogen-bond acceptors (Lipinski definition) is 5.